The highest BCUT2D eigenvalue weighted by Gasteiger charge is 2.39. The Morgan fingerprint density at radius 3 is 2.11 bits per heavy atom. The van der Waals surface area contributed by atoms with Gasteiger partial charge in [0, 0.05) is 5.41 Å². The second-order valence-corrected chi connectivity index (χ2v) is 5.41. The van der Waals surface area contributed by atoms with E-state index in [1.807, 2.05) is 20.8 Å². The second-order valence-electron chi connectivity index (χ2n) is 5.41. The zero-order valence-corrected chi connectivity index (χ0v) is 11.6. The maximum absolute atomic E-state index is 12.5. The molecule has 1 unspecified atom stereocenters. The Kier molecular flexibility index (Phi) is 3.97. The van der Waals surface area contributed by atoms with Crippen molar-refractivity contribution in [3.05, 3.63) is 11.4 Å². The van der Waals surface area contributed by atoms with Crippen LogP contribution < -0.4 is 10.5 Å². The molecule has 0 aliphatic carbocycles. The van der Waals surface area contributed by atoms with Crippen molar-refractivity contribution in [3.8, 4) is 5.88 Å². The van der Waals surface area contributed by atoms with Crippen molar-refractivity contribution < 1.29 is 17.9 Å². The average molecular weight is 277 g/mol. The van der Waals surface area contributed by atoms with E-state index in [0.717, 1.165) is 6.92 Å². The Bertz CT molecular complexity index is 467. The van der Waals surface area contributed by atoms with E-state index < -0.39 is 17.7 Å². The number of ether oxygens (including phenoxy) is 1. The molecule has 0 saturated carbocycles. The third-order valence-electron chi connectivity index (χ3n) is 2.56. The summed E-state index contributed by atoms with van der Waals surface area (Å²) in [6.45, 7) is 7.98. The minimum atomic E-state index is -4.45. The summed E-state index contributed by atoms with van der Waals surface area (Å²) in [7, 11) is 0. The number of anilines is 1. The first-order chi connectivity index (χ1) is 8.43. The van der Waals surface area contributed by atoms with E-state index >= 15 is 0 Å². The van der Waals surface area contributed by atoms with Gasteiger partial charge in [-0.3, -0.25) is 0 Å². The van der Waals surface area contributed by atoms with Gasteiger partial charge in [-0.05, 0) is 13.8 Å². The van der Waals surface area contributed by atoms with Crippen LogP contribution in [0, 0.1) is 6.92 Å². The number of aromatic nitrogens is 2. The molecule has 1 aromatic heterocycles. The van der Waals surface area contributed by atoms with Gasteiger partial charge in [0.25, 0.3) is 0 Å². The normalized spacial score (nSPS) is 14.3. The zero-order chi connectivity index (χ0) is 15.0. The summed E-state index contributed by atoms with van der Waals surface area (Å²) in [4.78, 5) is 8.12. The Labute approximate surface area is 110 Å². The molecule has 0 aliphatic rings. The van der Waals surface area contributed by atoms with E-state index in [4.69, 9.17) is 10.5 Å². The fourth-order valence-corrected chi connectivity index (χ4v) is 1.20. The van der Waals surface area contributed by atoms with E-state index in [-0.39, 0.29) is 11.7 Å². The van der Waals surface area contributed by atoms with Crippen LogP contribution in [0.5, 0.6) is 5.88 Å². The molecule has 7 heteroatoms. The van der Waals surface area contributed by atoms with Gasteiger partial charge in [-0.2, -0.15) is 18.2 Å². The summed E-state index contributed by atoms with van der Waals surface area (Å²) in [5.41, 5.74) is 5.57. The van der Waals surface area contributed by atoms with E-state index in [1.165, 1.54) is 6.92 Å². The predicted molar refractivity (Wildman–Crippen MR) is 66.0 cm³/mol. The van der Waals surface area contributed by atoms with Crippen molar-refractivity contribution >= 4 is 5.82 Å². The first-order valence-corrected chi connectivity index (χ1v) is 5.81. The lowest BCUT2D eigenvalue weighted by Crippen LogP contribution is -2.32. The number of hydrogen-bond acceptors (Lipinski definition) is 4. The van der Waals surface area contributed by atoms with Crippen molar-refractivity contribution in [2.45, 2.75) is 52.3 Å². The quantitative estimate of drug-likeness (QED) is 0.902. The van der Waals surface area contributed by atoms with Crippen LogP contribution in [-0.2, 0) is 5.41 Å². The molecule has 19 heavy (non-hydrogen) atoms. The summed E-state index contributed by atoms with van der Waals surface area (Å²) in [6.07, 6.45) is -6.40. The molecule has 0 bridgehead atoms. The van der Waals surface area contributed by atoms with Crippen LogP contribution in [-0.4, -0.2) is 22.2 Å². The van der Waals surface area contributed by atoms with Gasteiger partial charge in [0.15, 0.2) is 6.10 Å². The minimum Gasteiger partial charge on any atom is -0.465 e. The molecule has 0 aromatic carbocycles. The molecule has 108 valence electrons. The van der Waals surface area contributed by atoms with Gasteiger partial charge in [-0.25, -0.2) is 4.98 Å². The number of nitrogens with two attached hydrogens (primary N) is 1. The summed E-state index contributed by atoms with van der Waals surface area (Å²) in [5.74, 6) is 0.353. The predicted octanol–water partition coefficient (Wildman–Crippen LogP) is 2.99. The van der Waals surface area contributed by atoms with Crippen LogP contribution in [0.4, 0.5) is 19.0 Å². The van der Waals surface area contributed by atoms with Crippen molar-refractivity contribution in [1.29, 1.82) is 0 Å². The Morgan fingerprint density at radius 2 is 1.68 bits per heavy atom. The fraction of sp³-hybridized carbons (Fsp3) is 0.667. The maximum atomic E-state index is 12.5. The third-order valence-corrected chi connectivity index (χ3v) is 2.56. The van der Waals surface area contributed by atoms with Crippen LogP contribution in [0.3, 0.4) is 0 Å². The lowest BCUT2D eigenvalue weighted by molar-refractivity contribution is -0.190. The van der Waals surface area contributed by atoms with Crippen molar-refractivity contribution in [3.63, 3.8) is 0 Å². The first-order valence-electron chi connectivity index (χ1n) is 5.81. The van der Waals surface area contributed by atoms with Gasteiger partial charge in [0.1, 0.15) is 11.6 Å². The lowest BCUT2D eigenvalue weighted by atomic mass is 9.95. The Hall–Kier alpha value is -1.53. The Balaban J connectivity index is 3.17. The highest BCUT2D eigenvalue weighted by molar-refractivity contribution is 5.45. The minimum absolute atomic E-state index is 0.123. The Morgan fingerprint density at radius 1 is 1.16 bits per heavy atom. The van der Waals surface area contributed by atoms with Crippen LogP contribution in [0.15, 0.2) is 0 Å². The summed E-state index contributed by atoms with van der Waals surface area (Å²) in [5, 5.41) is 0. The number of rotatable bonds is 2. The molecule has 1 heterocycles. The van der Waals surface area contributed by atoms with Crippen molar-refractivity contribution in [1.82, 2.24) is 9.97 Å². The molecule has 2 N–H and O–H groups in total. The highest BCUT2D eigenvalue weighted by Crippen LogP contribution is 2.29. The van der Waals surface area contributed by atoms with Crippen LogP contribution in [0.1, 0.15) is 39.1 Å². The summed E-state index contributed by atoms with van der Waals surface area (Å²) < 4.78 is 42.4. The number of hydrogen-bond donors (Lipinski definition) is 1. The monoisotopic (exact) mass is 277 g/mol. The molecule has 0 radical (unpaired) electrons. The van der Waals surface area contributed by atoms with Gasteiger partial charge in [-0.1, -0.05) is 20.8 Å². The first kappa shape index (κ1) is 15.5. The smallest absolute Gasteiger partial charge is 0.425 e. The van der Waals surface area contributed by atoms with Crippen LogP contribution in [0.25, 0.3) is 0 Å². The molecule has 0 aliphatic heterocycles. The average Bonchev–Trinajstić information content (AvgIpc) is 2.21. The van der Waals surface area contributed by atoms with E-state index in [0.29, 0.717) is 11.4 Å². The summed E-state index contributed by atoms with van der Waals surface area (Å²) in [6, 6.07) is 0. The second kappa shape index (κ2) is 4.86. The zero-order valence-electron chi connectivity index (χ0n) is 11.6. The van der Waals surface area contributed by atoms with Gasteiger partial charge < -0.3 is 10.5 Å². The molecule has 4 nitrogen and oxygen atoms in total. The van der Waals surface area contributed by atoms with Crippen molar-refractivity contribution in [2.75, 3.05) is 5.73 Å². The lowest BCUT2D eigenvalue weighted by Gasteiger charge is -2.22. The van der Waals surface area contributed by atoms with Gasteiger partial charge in [0.05, 0.1) is 5.56 Å². The molecule has 1 rings (SSSR count). The van der Waals surface area contributed by atoms with Crippen LogP contribution >= 0.6 is 0 Å². The van der Waals surface area contributed by atoms with Gasteiger partial charge in [0.2, 0.25) is 5.88 Å². The molecule has 0 amide bonds. The van der Waals surface area contributed by atoms with E-state index in [2.05, 4.69) is 9.97 Å². The number of halogens is 3. The SMILES string of the molecule is Cc1c(N)nc(C(C)(C)C)nc1OC(C)C(F)(F)F. The number of nitrogens with zero attached hydrogens (tertiary/aromatic N) is 2. The molecular weight excluding hydrogens is 259 g/mol. The highest BCUT2D eigenvalue weighted by atomic mass is 19.4. The molecular formula is C12H18F3N3O. The van der Waals surface area contributed by atoms with Crippen LogP contribution in [0.2, 0.25) is 0 Å². The van der Waals surface area contributed by atoms with Crippen molar-refractivity contribution in [2.24, 2.45) is 0 Å². The molecule has 1 aromatic rings. The fourth-order valence-electron chi connectivity index (χ4n) is 1.20. The van der Waals surface area contributed by atoms with Gasteiger partial charge >= 0.3 is 6.18 Å². The van der Waals surface area contributed by atoms with E-state index in [9.17, 15) is 13.2 Å². The van der Waals surface area contributed by atoms with E-state index in [1.54, 1.807) is 0 Å². The third kappa shape index (κ3) is 3.71. The molecule has 0 saturated heterocycles. The summed E-state index contributed by atoms with van der Waals surface area (Å²) >= 11 is 0. The molecule has 0 fully saturated rings. The number of alkyl halides is 3. The molecule has 0 spiro atoms. The molecule has 1 atom stereocenters. The number of nitrogen functional groups attached to an aromatic ring is 1. The maximum Gasteiger partial charge on any atom is 0.425 e. The standard InChI is InChI=1S/C12H18F3N3O/c1-6-8(16)17-10(11(3,4)5)18-9(6)19-7(2)12(13,14)15/h7H,1-5H3,(H2,16,17,18). The van der Waals surface area contributed by atoms with Gasteiger partial charge in [-0.15, -0.1) is 0 Å². The topological polar surface area (TPSA) is 61.0 Å². The largest absolute Gasteiger partial charge is 0.465 e.